The van der Waals surface area contributed by atoms with Gasteiger partial charge >= 0.3 is 5.97 Å². The van der Waals surface area contributed by atoms with Crippen LogP contribution in [0.15, 0.2) is 12.3 Å². The minimum Gasteiger partial charge on any atom is -0.477 e. The van der Waals surface area contributed by atoms with Gasteiger partial charge in [-0.25, -0.2) is 4.79 Å². The fourth-order valence-corrected chi connectivity index (χ4v) is 0.847. The predicted octanol–water partition coefficient (Wildman–Crippen LogP) is 1.35. The van der Waals surface area contributed by atoms with Crippen LogP contribution >= 0.6 is 0 Å². The lowest BCUT2D eigenvalue weighted by molar-refractivity contribution is 0.0676. The van der Waals surface area contributed by atoms with Crippen molar-refractivity contribution in [2.75, 3.05) is 0 Å². The molecule has 0 aliphatic heterocycles. The Bertz CT molecular complexity index is 344. The van der Waals surface area contributed by atoms with E-state index >= 15 is 0 Å². The maximum atomic E-state index is 10.8. The van der Waals surface area contributed by atoms with Crippen molar-refractivity contribution >= 4 is 5.97 Å². The molecule has 0 aliphatic rings. The molecule has 5 nitrogen and oxygen atoms in total. The molecule has 0 aromatic carbocycles. The number of hydrogen-bond donors (Lipinski definition) is 1. The van der Waals surface area contributed by atoms with Crippen LogP contribution in [0.4, 0.5) is 0 Å². The van der Waals surface area contributed by atoms with Crippen LogP contribution in [0.1, 0.15) is 31.1 Å². The summed E-state index contributed by atoms with van der Waals surface area (Å²) < 4.78 is 5.34. The molecular formula is C9H12N2O3. The standard InChI is InChI=1S/C9H12N2O3/c1-9(2,3)14-7-6(8(12)13)4-5-10-11-7/h4-5H,1-3H3,(H,12,13). The van der Waals surface area contributed by atoms with E-state index in [2.05, 4.69) is 10.2 Å². The summed E-state index contributed by atoms with van der Waals surface area (Å²) in [6.45, 7) is 5.44. The highest BCUT2D eigenvalue weighted by Crippen LogP contribution is 2.18. The van der Waals surface area contributed by atoms with E-state index in [-0.39, 0.29) is 11.4 Å². The maximum absolute atomic E-state index is 10.8. The molecule has 0 aliphatic carbocycles. The quantitative estimate of drug-likeness (QED) is 0.772. The molecule has 1 heterocycles. The van der Waals surface area contributed by atoms with Gasteiger partial charge in [-0.05, 0) is 26.8 Å². The minimum absolute atomic E-state index is 0.0231. The SMILES string of the molecule is CC(C)(C)Oc1nnccc1C(=O)O. The Kier molecular flexibility index (Phi) is 2.69. The van der Waals surface area contributed by atoms with E-state index in [1.165, 1.54) is 12.3 Å². The molecule has 0 amide bonds. The van der Waals surface area contributed by atoms with Crippen LogP contribution in [-0.4, -0.2) is 26.9 Å². The monoisotopic (exact) mass is 196 g/mol. The molecule has 0 unspecified atom stereocenters. The topological polar surface area (TPSA) is 72.3 Å². The maximum Gasteiger partial charge on any atom is 0.341 e. The van der Waals surface area contributed by atoms with E-state index in [1.54, 1.807) is 0 Å². The summed E-state index contributed by atoms with van der Waals surface area (Å²) in [6.07, 6.45) is 1.32. The first-order chi connectivity index (χ1) is 6.40. The number of carboxylic acid groups (broad SMARTS) is 1. The molecule has 0 atom stereocenters. The fraction of sp³-hybridized carbons (Fsp3) is 0.444. The minimum atomic E-state index is -1.07. The Balaban J connectivity index is 3.02. The zero-order valence-corrected chi connectivity index (χ0v) is 8.31. The Morgan fingerprint density at radius 2 is 2.14 bits per heavy atom. The van der Waals surface area contributed by atoms with Crippen molar-refractivity contribution in [1.82, 2.24) is 10.2 Å². The summed E-state index contributed by atoms with van der Waals surface area (Å²) in [5, 5.41) is 16.0. The van der Waals surface area contributed by atoms with Crippen molar-refractivity contribution in [3.63, 3.8) is 0 Å². The number of aromatic carboxylic acids is 1. The van der Waals surface area contributed by atoms with E-state index in [4.69, 9.17) is 9.84 Å². The smallest absolute Gasteiger partial charge is 0.341 e. The number of ether oxygens (including phenoxy) is 1. The third kappa shape index (κ3) is 2.69. The van der Waals surface area contributed by atoms with Crippen molar-refractivity contribution in [3.8, 4) is 5.88 Å². The van der Waals surface area contributed by atoms with Crippen molar-refractivity contribution in [2.24, 2.45) is 0 Å². The summed E-state index contributed by atoms with van der Waals surface area (Å²) >= 11 is 0. The van der Waals surface area contributed by atoms with Gasteiger partial charge in [-0.1, -0.05) is 0 Å². The van der Waals surface area contributed by atoms with Gasteiger partial charge in [0.1, 0.15) is 11.2 Å². The lowest BCUT2D eigenvalue weighted by Gasteiger charge is -2.20. The van der Waals surface area contributed by atoms with Crippen LogP contribution in [0.5, 0.6) is 5.88 Å². The molecule has 5 heteroatoms. The first kappa shape index (κ1) is 10.4. The summed E-state index contributed by atoms with van der Waals surface area (Å²) in [5.74, 6) is -1.02. The van der Waals surface area contributed by atoms with E-state index in [9.17, 15) is 4.79 Å². The molecule has 14 heavy (non-hydrogen) atoms. The van der Waals surface area contributed by atoms with Gasteiger partial charge < -0.3 is 9.84 Å². The zero-order chi connectivity index (χ0) is 10.8. The number of carboxylic acids is 1. The van der Waals surface area contributed by atoms with Gasteiger partial charge in [0.25, 0.3) is 0 Å². The third-order valence-corrected chi connectivity index (χ3v) is 1.32. The third-order valence-electron chi connectivity index (χ3n) is 1.32. The number of hydrogen-bond acceptors (Lipinski definition) is 4. The molecule has 1 aromatic rings. The average Bonchev–Trinajstić information content (AvgIpc) is 2.01. The molecule has 0 bridgehead atoms. The molecule has 0 spiro atoms. The van der Waals surface area contributed by atoms with Crippen molar-refractivity contribution in [3.05, 3.63) is 17.8 Å². The van der Waals surface area contributed by atoms with Gasteiger partial charge in [0, 0.05) is 0 Å². The molecule has 1 aromatic heterocycles. The second-order valence-corrected chi connectivity index (χ2v) is 3.77. The average molecular weight is 196 g/mol. The largest absolute Gasteiger partial charge is 0.477 e. The van der Waals surface area contributed by atoms with Crippen LogP contribution in [0.2, 0.25) is 0 Å². The second kappa shape index (κ2) is 3.61. The molecule has 0 fully saturated rings. The number of rotatable bonds is 2. The van der Waals surface area contributed by atoms with Gasteiger partial charge in [0.15, 0.2) is 0 Å². The van der Waals surface area contributed by atoms with Gasteiger partial charge in [-0.3, -0.25) is 0 Å². The van der Waals surface area contributed by atoms with E-state index < -0.39 is 11.6 Å². The molecule has 0 saturated carbocycles. The van der Waals surface area contributed by atoms with E-state index in [0.717, 1.165) is 0 Å². The fourth-order valence-electron chi connectivity index (χ4n) is 0.847. The van der Waals surface area contributed by atoms with Crippen LogP contribution in [-0.2, 0) is 0 Å². The molecule has 76 valence electrons. The van der Waals surface area contributed by atoms with Crippen LogP contribution in [0, 0.1) is 0 Å². The highest BCUT2D eigenvalue weighted by atomic mass is 16.5. The summed E-state index contributed by atoms with van der Waals surface area (Å²) in [7, 11) is 0. The number of nitrogens with zero attached hydrogens (tertiary/aromatic N) is 2. The predicted molar refractivity (Wildman–Crippen MR) is 49.4 cm³/mol. The van der Waals surface area contributed by atoms with Crippen LogP contribution in [0.25, 0.3) is 0 Å². The van der Waals surface area contributed by atoms with Gasteiger partial charge in [0.2, 0.25) is 5.88 Å². The van der Waals surface area contributed by atoms with E-state index in [0.29, 0.717) is 0 Å². The highest BCUT2D eigenvalue weighted by Gasteiger charge is 2.19. The summed E-state index contributed by atoms with van der Waals surface area (Å²) in [5.41, 5.74) is -0.463. The number of carbonyl (C=O) groups is 1. The zero-order valence-electron chi connectivity index (χ0n) is 8.31. The van der Waals surface area contributed by atoms with Gasteiger partial charge in [-0.15, -0.1) is 5.10 Å². The summed E-state index contributed by atoms with van der Waals surface area (Å²) in [6, 6.07) is 1.36. The van der Waals surface area contributed by atoms with Gasteiger partial charge in [0.05, 0.1) is 6.20 Å². The highest BCUT2D eigenvalue weighted by molar-refractivity contribution is 5.89. The Hall–Kier alpha value is -1.65. The normalized spacial score (nSPS) is 11.1. The van der Waals surface area contributed by atoms with Crippen molar-refractivity contribution in [2.45, 2.75) is 26.4 Å². The van der Waals surface area contributed by atoms with Crippen molar-refractivity contribution in [1.29, 1.82) is 0 Å². The molecule has 1 rings (SSSR count). The molecule has 0 radical (unpaired) electrons. The Morgan fingerprint density at radius 1 is 1.50 bits per heavy atom. The first-order valence-corrected chi connectivity index (χ1v) is 4.14. The lowest BCUT2D eigenvalue weighted by atomic mass is 10.2. The Morgan fingerprint density at radius 3 is 2.64 bits per heavy atom. The van der Waals surface area contributed by atoms with Crippen LogP contribution in [0.3, 0.4) is 0 Å². The number of aromatic nitrogens is 2. The van der Waals surface area contributed by atoms with Crippen LogP contribution < -0.4 is 4.74 Å². The van der Waals surface area contributed by atoms with Gasteiger partial charge in [-0.2, -0.15) is 5.10 Å². The van der Waals surface area contributed by atoms with E-state index in [1.807, 2.05) is 20.8 Å². The van der Waals surface area contributed by atoms with Crippen molar-refractivity contribution < 1.29 is 14.6 Å². The lowest BCUT2D eigenvalue weighted by Crippen LogP contribution is -2.25. The molecule has 1 N–H and O–H groups in total. The Labute approximate surface area is 81.7 Å². The second-order valence-electron chi connectivity index (χ2n) is 3.77. The summed E-state index contributed by atoms with van der Waals surface area (Å²) in [4.78, 5) is 10.8. The molecular weight excluding hydrogens is 184 g/mol. The first-order valence-electron chi connectivity index (χ1n) is 4.14. The molecule has 0 saturated heterocycles.